The molecule has 4 aromatic rings. The van der Waals surface area contributed by atoms with Crippen molar-refractivity contribution >= 4 is 30.5 Å². The summed E-state index contributed by atoms with van der Waals surface area (Å²) in [5, 5.41) is 2.92. The molecule has 36 heavy (non-hydrogen) atoms. The van der Waals surface area contributed by atoms with Crippen LogP contribution in [0.25, 0.3) is 0 Å². The summed E-state index contributed by atoms with van der Waals surface area (Å²) in [5.41, 5.74) is 10.8. The molecule has 0 N–H and O–H groups in total. The fourth-order valence-electron chi connectivity index (χ4n) is 5.77. The third-order valence-electron chi connectivity index (χ3n) is 7.08. The number of benzene rings is 4. The number of hydrogen-bond acceptors (Lipinski definition) is 2. The highest BCUT2D eigenvalue weighted by atomic mass is 28.3. The number of anilines is 2. The van der Waals surface area contributed by atoms with Gasteiger partial charge in [0.15, 0.2) is 0 Å². The highest BCUT2D eigenvalue weighted by Gasteiger charge is 2.25. The summed E-state index contributed by atoms with van der Waals surface area (Å²) >= 11 is 0. The van der Waals surface area contributed by atoms with Gasteiger partial charge in [-0.2, -0.15) is 0 Å². The first-order valence-corrected chi connectivity index (χ1v) is 14.5. The summed E-state index contributed by atoms with van der Waals surface area (Å²) in [4.78, 5) is 4.84. The molecule has 5 rings (SSSR count). The van der Waals surface area contributed by atoms with Crippen molar-refractivity contribution in [3.63, 3.8) is 0 Å². The molecule has 0 aromatic heterocycles. The Kier molecular flexibility index (Phi) is 6.84. The van der Waals surface area contributed by atoms with Crippen LogP contribution in [0.4, 0.5) is 11.4 Å². The zero-order chi connectivity index (χ0) is 25.2. The first-order chi connectivity index (χ1) is 17.4. The molecule has 1 aliphatic rings. The van der Waals surface area contributed by atoms with Gasteiger partial charge in [0.05, 0.1) is 6.67 Å². The van der Waals surface area contributed by atoms with Crippen molar-refractivity contribution in [3.05, 3.63) is 131 Å². The highest BCUT2D eigenvalue weighted by molar-refractivity contribution is 6.84. The van der Waals surface area contributed by atoms with Crippen molar-refractivity contribution in [3.8, 4) is 0 Å². The minimum atomic E-state index is -0.983. The second kappa shape index (κ2) is 10.2. The van der Waals surface area contributed by atoms with E-state index in [4.69, 9.17) is 0 Å². The molecule has 2 nitrogen and oxygen atoms in total. The lowest BCUT2D eigenvalue weighted by molar-refractivity contribution is 0.952. The third-order valence-corrected chi connectivity index (χ3v) is 9.87. The van der Waals surface area contributed by atoms with Crippen molar-refractivity contribution in [2.75, 3.05) is 16.5 Å². The minimum absolute atomic E-state index is 0.834. The molecular weight excluding hydrogens is 452 g/mol. The molecule has 0 unspecified atom stereocenters. The third kappa shape index (κ3) is 4.89. The summed E-state index contributed by atoms with van der Waals surface area (Å²) in [6.07, 6.45) is 4.51. The summed E-state index contributed by atoms with van der Waals surface area (Å²) in [5.74, 6) is 0. The van der Waals surface area contributed by atoms with Crippen molar-refractivity contribution in [2.45, 2.75) is 40.7 Å². The molecule has 0 saturated heterocycles. The summed E-state index contributed by atoms with van der Waals surface area (Å²) in [6, 6.07) is 32.6. The number of rotatable bonds is 6. The van der Waals surface area contributed by atoms with Crippen molar-refractivity contribution in [1.29, 1.82) is 0 Å². The molecule has 0 amide bonds. The molecule has 0 fully saturated rings. The lowest BCUT2D eigenvalue weighted by Gasteiger charge is -2.28. The maximum atomic E-state index is 2.44. The van der Waals surface area contributed by atoms with Gasteiger partial charge in [-0.3, -0.25) is 0 Å². The van der Waals surface area contributed by atoms with Gasteiger partial charge in [0.25, 0.3) is 0 Å². The standard InChI is InChI=1S/C33H35N2Si/c1-24-18-26(3)32(27(4)19-24)34-16-17-35(23-34)33-28(5)20-25(2)21-29(33)22-36(30-12-8-6-9-13-30)31-14-10-7-11-15-31/h6-21H,22-23H2,1-5H3. The summed E-state index contributed by atoms with van der Waals surface area (Å²) in [7, 11) is -0.983. The molecule has 1 radical (unpaired) electrons. The van der Waals surface area contributed by atoms with Gasteiger partial charge >= 0.3 is 0 Å². The van der Waals surface area contributed by atoms with Crippen LogP contribution in [0.15, 0.2) is 97.3 Å². The van der Waals surface area contributed by atoms with Crippen LogP contribution in [-0.2, 0) is 6.04 Å². The largest absolute Gasteiger partial charge is 0.328 e. The number of hydrogen-bond donors (Lipinski definition) is 0. The monoisotopic (exact) mass is 487 g/mol. The molecule has 4 aromatic carbocycles. The van der Waals surface area contributed by atoms with Gasteiger partial charge in [0, 0.05) is 23.8 Å². The van der Waals surface area contributed by atoms with Crippen molar-refractivity contribution in [2.24, 2.45) is 0 Å². The van der Waals surface area contributed by atoms with Crippen LogP contribution in [0.1, 0.15) is 33.4 Å². The van der Waals surface area contributed by atoms with E-state index in [9.17, 15) is 0 Å². The van der Waals surface area contributed by atoms with Crippen LogP contribution in [-0.4, -0.2) is 15.5 Å². The van der Waals surface area contributed by atoms with Crippen molar-refractivity contribution < 1.29 is 0 Å². The van der Waals surface area contributed by atoms with E-state index in [1.54, 1.807) is 0 Å². The van der Waals surface area contributed by atoms with Crippen LogP contribution in [0.3, 0.4) is 0 Å². The van der Waals surface area contributed by atoms with Gasteiger partial charge in [0.2, 0.25) is 0 Å². The van der Waals surface area contributed by atoms with E-state index < -0.39 is 8.80 Å². The van der Waals surface area contributed by atoms with Gasteiger partial charge in [-0.15, -0.1) is 0 Å². The Labute approximate surface area is 218 Å². The Bertz CT molecular complexity index is 1330. The second-order valence-corrected chi connectivity index (χ2v) is 12.6. The predicted molar refractivity (Wildman–Crippen MR) is 157 cm³/mol. The first-order valence-electron chi connectivity index (χ1n) is 12.8. The Balaban J connectivity index is 1.52. The lowest BCUT2D eigenvalue weighted by atomic mass is 10.0. The quantitative estimate of drug-likeness (QED) is 0.291. The zero-order valence-corrected chi connectivity index (χ0v) is 23.0. The Morgan fingerprint density at radius 2 is 1.03 bits per heavy atom. The molecular formula is C33H35N2Si. The molecule has 181 valence electrons. The molecule has 0 spiro atoms. The van der Waals surface area contributed by atoms with Gasteiger partial charge in [-0.1, -0.05) is 106 Å². The number of nitrogens with zero attached hydrogens (tertiary/aromatic N) is 2. The van der Waals surface area contributed by atoms with E-state index in [-0.39, 0.29) is 0 Å². The SMILES string of the molecule is Cc1cc(C)c(N2C=CN(c3c(C)cc(C)cc3C[Si](c3ccccc3)c3ccccc3)C2)c(C)c1. The summed E-state index contributed by atoms with van der Waals surface area (Å²) in [6.45, 7) is 12.0. The second-order valence-electron chi connectivity index (χ2n) is 10.1. The molecule has 0 atom stereocenters. The van der Waals surface area contributed by atoms with Crippen molar-refractivity contribution in [1.82, 2.24) is 0 Å². The van der Waals surface area contributed by atoms with Crippen LogP contribution >= 0.6 is 0 Å². The fourth-order valence-corrected chi connectivity index (χ4v) is 8.35. The average molecular weight is 488 g/mol. The normalized spacial score (nSPS) is 13.2. The molecule has 1 aliphatic heterocycles. The number of aryl methyl sites for hydroxylation is 5. The van der Waals surface area contributed by atoms with E-state index in [0.717, 1.165) is 12.7 Å². The van der Waals surface area contributed by atoms with Crippen LogP contribution < -0.4 is 20.2 Å². The maximum Gasteiger partial charge on any atom is 0.125 e. The molecule has 0 saturated carbocycles. The van der Waals surface area contributed by atoms with E-state index in [0.29, 0.717) is 0 Å². The maximum absolute atomic E-state index is 2.44. The van der Waals surface area contributed by atoms with Crippen LogP contribution in [0.2, 0.25) is 0 Å². The predicted octanol–water partition coefficient (Wildman–Crippen LogP) is 6.37. The Morgan fingerprint density at radius 3 is 1.56 bits per heavy atom. The van der Waals surface area contributed by atoms with Gasteiger partial charge < -0.3 is 9.80 Å². The molecule has 0 bridgehead atoms. The van der Waals surface area contributed by atoms with Crippen LogP contribution in [0.5, 0.6) is 0 Å². The molecule has 1 heterocycles. The molecule has 3 heteroatoms. The van der Waals surface area contributed by atoms with E-state index >= 15 is 0 Å². The van der Waals surface area contributed by atoms with E-state index in [2.05, 4.69) is 142 Å². The lowest BCUT2D eigenvalue weighted by Crippen LogP contribution is -2.44. The van der Waals surface area contributed by atoms with Gasteiger partial charge in [-0.05, 0) is 62.9 Å². The van der Waals surface area contributed by atoms with Gasteiger partial charge in [-0.25, -0.2) is 0 Å². The van der Waals surface area contributed by atoms with E-state index in [1.807, 2.05) is 0 Å². The Hall–Kier alpha value is -3.56. The average Bonchev–Trinajstić information content (AvgIpc) is 3.31. The molecule has 0 aliphatic carbocycles. The summed E-state index contributed by atoms with van der Waals surface area (Å²) < 4.78 is 0. The first kappa shape index (κ1) is 24.1. The van der Waals surface area contributed by atoms with Gasteiger partial charge in [0.1, 0.15) is 8.80 Å². The topological polar surface area (TPSA) is 6.48 Å². The highest BCUT2D eigenvalue weighted by Crippen LogP contribution is 2.34. The van der Waals surface area contributed by atoms with Crippen LogP contribution in [0, 0.1) is 34.6 Å². The zero-order valence-electron chi connectivity index (χ0n) is 22.0. The smallest absolute Gasteiger partial charge is 0.125 e. The fraction of sp³-hybridized carbons (Fsp3) is 0.212. The minimum Gasteiger partial charge on any atom is -0.328 e. The Morgan fingerprint density at radius 1 is 0.583 bits per heavy atom. The van der Waals surface area contributed by atoms with E-state index in [1.165, 1.54) is 55.1 Å².